The van der Waals surface area contributed by atoms with Gasteiger partial charge in [-0.05, 0) is 60.0 Å². The molecule has 4 nitrogen and oxygen atoms in total. The molecule has 150 valence electrons. The van der Waals surface area contributed by atoms with Crippen LogP contribution in [0.5, 0.6) is 5.75 Å². The van der Waals surface area contributed by atoms with Gasteiger partial charge in [0.15, 0.2) is 6.61 Å². The highest BCUT2D eigenvalue weighted by molar-refractivity contribution is 5.84. The Labute approximate surface area is 172 Å². The molecule has 0 aliphatic carbocycles. The van der Waals surface area contributed by atoms with Gasteiger partial charge in [0.1, 0.15) is 5.75 Å². The van der Waals surface area contributed by atoms with E-state index in [2.05, 4.69) is 40.5 Å². The fourth-order valence-electron chi connectivity index (χ4n) is 3.80. The predicted molar refractivity (Wildman–Crippen MR) is 117 cm³/mol. The fraction of sp³-hybridized carbons (Fsp3) is 0.320. The molecule has 0 unspecified atom stereocenters. The Bertz CT molecular complexity index is 946. The van der Waals surface area contributed by atoms with E-state index >= 15 is 0 Å². The molecule has 1 aliphatic heterocycles. The van der Waals surface area contributed by atoms with Crippen molar-refractivity contribution in [3.05, 3.63) is 77.9 Å². The number of ether oxygens (including phenoxy) is 1. The summed E-state index contributed by atoms with van der Waals surface area (Å²) >= 11 is 0. The molecule has 3 aromatic rings. The second kappa shape index (κ2) is 9.57. The summed E-state index contributed by atoms with van der Waals surface area (Å²) in [6, 6.07) is 22.5. The zero-order valence-electron chi connectivity index (χ0n) is 16.8. The van der Waals surface area contributed by atoms with Gasteiger partial charge in [-0.3, -0.25) is 9.69 Å². The number of nitrogens with one attached hydrogen (secondary N) is 1. The first-order valence-corrected chi connectivity index (χ1v) is 10.4. The number of hydrogen-bond donors (Lipinski definition) is 1. The third-order valence-electron chi connectivity index (χ3n) is 5.46. The van der Waals surface area contributed by atoms with E-state index in [9.17, 15) is 4.79 Å². The van der Waals surface area contributed by atoms with Crippen LogP contribution in [0, 0.1) is 0 Å². The summed E-state index contributed by atoms with van der Waals surface area (Å²) in [5.41, 5.74) is 2.44. The Kier molecular flexibility index (Phi) is 6.42. The van der Waals surface area contributed by atoms with E-state index in [1.807, 2.05) is 36.4 Å². The Morgan fingerprint density at radius 2 is 1.59 bits per heavy atom. The van der Waals surface area contributed by atoms with Crippen LogP contribution in [-0.2, 0) is 17.9 Å². The van der Waals surface area contributed by atoms with E-state index in [-0.39, 0.29) is 12.5 Å². The molecule has 4 heteroatoms. The quantitative estimate of drug-likeness (QED) is 0.647. The summed E-state index contributed by atoms with van der Waals surface area (Å²) in [4.78, 5) is 14.7. The topological polar surface area (TPSA) is 41.6 Å². The first-order valence-electron chi connectivity index (χ1n) is 10.4. The molecule has 1 fully saturated rings. The zero-order valence-corrected chi connectivity index (χ0v) is 16.8. The van der Waals surface area contributed by atoms with E-state index in [0.717, 1.165) is 22.9 Å². The lowest BCUT2D eigenvalue weighted by Crippen LogP contribution is -2.29. The molecule has 0 aromatic heterocycles. The number of carbonyl (C=O) groups excluding carboxylic acids is 1. The van der Waals surface area contributed by atoms with E-state index in [0.29, 0.717) is 12.3 Å². The molecular weight excluding hydrogens is 360 g/mol. The number of nitrogens with zero attached hydrogens (tertiary/aromatic N) is 1. The van der Waals surface area contributed by atoms with Crippen molar-refractivity contribution in [2.45, 2.75) is 32.4 Å². The summed E-state index contributed by atoms with van der Waals surface area (Å²) < 4.78 is 5.65. The molecule has 0 spiro atoms. The van der Waals surface area contributed by atoms with Gasteiger partial charge in [0, 0.05) is 13.1 Å². The first kappa shape index (κ1) is 19.5. The Morgan fingerprint density at radius 3 is 2.38 bits per heavy atom. The molecule has 1 amide bonds. The molecule has 1 aliphatic rings. The van der Waals surface area contributed by atoms with E-state index in [1.54, 1.807) is 0 Å². The third kappa shape index (κ3) is 5.58. The lowest BCUT2D eigenvalue weighted by atomic mass is 10.1. The van der Waals surface area contributed by atoms with Gasteiger partial charge in [-0.15, -0.1) is 0 Å². The summed E-state index contributed by atoms with van der Waals surface area (Å²) in [5, 5.41) is 5.20. The smallest absolute Gasteiger partial charge is 0.258 e. The van der Waals surface area contributed by atoms with Crippen molar-refractivity contribution in [1.29, 1.82) is 0 Å². The van der Waals surface area contributed by atoms with Crippen LogP contribution in [0.3, 0.4) is 0 Å². The van der Waals surface area contributed by atoms with Gasteiger partial charge in [-0.2, -0.15) is 0 Å². The number of piperidine rings is 1. The van der Waals surface area contributed by atoms with Gasteiger partial charge in [0.05, 0.1) is 0 Å². The average Bonchev–Trinajstić information content (AvgIpc) is 2.78. The maximum Gasteiger partial charge on any atom is 0.258 e. The van der Waals surface area contributed by atoms with Crippen LogP contribution in [0.15, 0.2) is 66.7 Å². The Balaban J connectivity index is 1.22. The van der Waals surface area contributed by atoms with Crippen molar-refractivity contribution in [2.24, 2.45) is 0 Å². The number of carbonyl (C=O) groups is 1. The highest BCUT2D eigenvalue weighted by Gasteiger charge is 2.10. The average molecular weight is 389 g/mol. The van der Waals surface area contributed by atoms with Crippen LogP contribution >= 0.6 is 0 Å². The number of hydrogen-bond acceptors (Lipinski definition) is 3. The molecule has 3 aromatic carbocycles. The van der Waals surface area contributed by atoms with Gasteiger partial charge in [-0.25, -0.2) is 0 Å². The normalized spacial score (nSPS) is 14.6. The molecule has 4 rings (SSSR count). The monoisotopic (exact) mass is 388 g/mol. The zero-order chi connectivity index (χ0) is 19.9. The Morgan fingerprint density at radius 1 is 0.862 bits per heavy atom. The van der Waals surface area contributed by atoms with Gasteiger partial charge in [-0.1, -0.05) is 61.0 Å². The van der Waals surface area contributed by atoms with Crippen LogP contribution < -0.4 is 10.1 Å². The van der Waals surface area contributed by atoms with Crippen molar-refractivity contribution in [1.82, 2.24) is 10.2 Å². The molecule has 1 N–H and O–H groups in total. The summed E-state index contributed by atoms with van der Waals surface area (Å²) in [5.74, 6) is 0.594. The van der Waals surface area contributed by atoms with Crippen LogP contribution in [-0.4, -0.2) is 30.5 Å². The number of likely N-dealkylation sites (tertiary alicyclic amines) is 1. The van der Waals surface area contributed by atoms with Gasteiger partial charge in [0.2, 0.25) is 0 Å². The van der Waals surface area contributed by atoms with E-state index < -0.39 is 0 Å². The predicted octanol–water partition coefficient (Wildman–Crippen LogP) is 4.52. The molecule has 0 saturated carbocycles. The van der Waals surface area contributed by atoms with Crippen molar-refractivity contribution in [3.8, 4) is 5.75 Å². The molecule has 29 heavy (non-hydrogen) atoms. The van der Waals surface area contributed by atoms with Gasteiger partial charge >= 0.3 is 0 Å². The van der Waals surface area contributed by atoms with Crippen LogP contribution in [0.25, 0.3) is 10.8 Å². The molecule has 0 radical (unpaired) electrons. The highest BCUT2D eigenvalue weighted by Crippen LogP contribution is 2.20. The minimum atomic E-state index is -0.115. The van der Waals surface area contributed by atoms with Crippen LogP contribution in [0.2, 0.25) is 0 Å². The fourth-order valence-corrected chi connectivity index (χ4v) is 3.80. The maximum atomic E-state index is 12.1. The second-order valence-electron chi connectivity index (χ2n) is 7.73. The molecule has 0 atom stereocenters. The standard InChI is InChI=1S/C25H28N2O2/c28-25(19-29-24-13-12-22-6-2-3-7-23(22)16-24)26-17-20-8-10-21(11-9-20)18-27-14-4-1-5-15-27/h2-3,6-13,16H,1,4-5,14-15,17-19H2,(H,26,28). The maximum absolute atomic E-state index is 12.1. The van der Waals surface area contributed by atoms with Crippen molar-refractivity contribution in [2.75, 3.05) is 19.7 Å². The van der Waals surface area contributed by atoms with Gasteiger partial charge in [0.25, 0.3) is 5.91 Å². The summed E-state index contributed by atoms with van der Waals surface area (Å²) in [7, 11) is 0. The number of fused-ring (bicyclic) bond motifs is 1. The van der Waals surface area contributed by atoms with E-state index in [4.69, 9.17) is 4.74 Å². The van der Waals surface area contributed by atoms with E-state index in [1.165, 1.54) is 37.9 Å². The minimum Gasteiger partial charge on any atom is -0.484 e. The number of benzene rings is 3. The van der Waals surface area contributed by atoms with Crippen LogP contribution in [0.1, 0.15) is 30.4 Å². The molecule has 1 saturated heterocycles. The minimum absolute atomic E-state index is 0.0192. The summed E-state index contributed by atoms with van der Waals surface area (Å²) in [6.07, 6.45) is 3.98. The SMILES string of the molecule is O=C(COc1ccc2ccccc2c1)NCc1ccc(CN2CCCCC2)cc1. The molecular formula is C25H28N2O2. The largest absolute Gasteiger partial charge is 0.484 e. The van der Waals surface area contributed by atoms with Gasteiger partial charge < -0.3 is 10.1 Å². The lowest BCUT2D eigenvalue weighted by molar-refractivity contribution is -0.123. The highest BCUT2D eigenvalue weighted by atomic mass is 16.5. The Hall–Kier alpha value is -2.85. The van der Waals surface area contributed by atoms with Crippen LogP contribution in [0.4, 0.5) is 0 Å². The number of rotatable bonds is 7. The second-order valence-corrected chi connectivity index (χ2v) is 7.73. The number of amides is 1. The summed E-state index contributed by atoms with van der Waals surface area (Å²) in [6.45, 7) is 3.96. The molecule has 0 bridgehead atoms. The van der Waals surface area contributed by atoms with Crippen molar-refractivity contribution < 1.29 is 9.53 Å². The molecule has 1 heterocycles. The third-order valence-corrected chi connectivity index (χ3v) is 5.46. The lowest BCUT2D eigenvalue weighted by Gasteiger charge is -2.26. The van der Waals surface area contributed by atoms with Crippen molar-refractivity contribution >= 4 is 16.7 Å². The first-order chi connectivity index (χ1) is 14.3. The van der Waals surface area contributed by atoms with Crippen molar-refractivity contribution in [3.63, 3.8) is 0 Å².